The molecule has 0 fully saturated rings. The van der Waals surface area contributed by atoms with Crippen molar-refractivity contribution < 1.29 is 15.0 Å². The molecule has 0 aliphatic heterocycles. The van der Waals surface area contributed by atoms with Crippen LogP contribution in [0.25, 0.3) is 0 Å². The van der Waals surface area contributed by atoms with Gasteiger partial charge in [0.1, 0.15) is 0 Å². The highest BCUT2D eigenvalue weighted by atomic mass is 16.4. The van der Waals surface area contributed by atoms with Gasteiger partial charge >= 0.3 is 5.97 Å². The smallest absolute Gasteiger partial charge is 0.332 e. The molecule has 2 N–H and O–H groups in total. The van der Waals surface area contributed by atoms with Crippen LogP contribution in [0.2, 0.25) is 0 Å². The van der Waals surface area contributed by atoms with Crippen molar-refractivity contribution in [2.24, 2.45) is 5.92 Å². The van der Waals surface area contributed by atoms with Crippen LogP contribution in [0.4, 0.5) is 0 Å². The first-order valence-electron chi connectivity index (χ1n) is 9.95. The lowest BCUT2D eigenvalue weighted by molar-refractivity contribution is -0.146. The highest BCUT2D eigenvalue weighted by molar-refractivity contribution is 5.71. The van der Waals surface area contributed by atoms with Gasteiger partial charge in [0.2, 0.25) is 0 Å². The average Bonchev–Trinajstić information content (AvgIpc) is 2.50. The van der Waals surface area contributed by atoms with Gasteiger partial charge in [0, 0.05) is 0 Å². The minimum atomic E-state index is -1.17. The van der Waals surface area contributed by atoms with Gasteiger partial charge in [-0.1, -0.05) is 104 Å². The Balaban J connectivity index is 3.07. The normalized spacial score (nSPS) is 12.7. The van der Waals surface area contributed by atoms with E-state index in [1.807, 2.05) is 0 Å². The van der Waals surface area contributed by atoms with Crippen molar-refractivity contribution in [3.05, 3.63) is 0 Å². The molecule has 0 saturated carbocycles. The molecule has 3 nitrogen and oxygen atoms in total. The van der Waals surface area contributed by atoms with E-state index in [1.54, 1.807) is 0 Å². The Bertz CT molecular complexity index is 264. The van der Waals surface area contributed by atoms with Crippen LogP contribution in [0, 0.1) is 5.92 Å². The van der Waals surface area contributed by atoms with Gasteiger partial charge in [0.15, 0.2) is 6.10 Å². The fraction of sp³-hybridized carbons (Fsp3) is 0.950. The van der Waals surface area contributed by atoms with Crippen LogP contribution in [0.1, 0.15) is 110 Å². The van der Waals surface area contributed by atoms with Crippen LogP contribution >= 0.6 is 0 Å². The van der Waals surface area contributed by atoms with Crippen LogP contribution in [0.15, 0.2) is 0 Å². The lowest BCUT2D eigenvalue weighted by atomic mass is 10.0. The van der Waals surface area contributed by atoms with Crippen molar-refractivity contribution in [3.63, 3.8) is 0 Å². The molecular formula is C20H40O3. The molecule has 0 aliphatic rings. The first-order chi connectivity index (χ1) is 11.0. The zero-order valence-corrected chi connectivity index (χ0v) is 15.6. The van der Waals surface area contributed by atoms with E-state index in [9.17, 15) is 4.79 Å². The number of aliphatic hydroxyl groups is 1. The predicted molar refractivity (Wildman–Crippen MR) is 97.7 cm³/mol. The fourth-order valence-corrected chi connectivity index (χ4v) is 2.96. The molecule has 0 heterocycles. The maximum Gasteiger partial charge on any atom is 0.332 e. The number of aliphatic carboxylic acids is 1. The van der Waals surface area contributed by atoms with Crippen LogP contribution < -0.4 is 0 Å². The molecule has 1 atom stereocenters. The number of unbranched alkanes of at least 4 members (excludes halogenated alkanes) is 12. The lowest BCUT2D eigenvalue weighted by Gasteiger charge is -2.05. The van der Waals surface area contributed by atoms with Crippen molar-refractivity contribution in [3.8, 4) is 0 Å². The highest BCUT2D eigenvalue weighted by Crippen LogP contribution is 2.14. The number of rotatable bonds is 17. The zero-order valence-electron chi connectivity index (χ0n) is 15.6. The SMILES string of the molecule is CC(C)CCCCCCCCCCCCCCCC(O)C(=O)O. The molecule has 0 saturated heterocycles. The lowest BCUT2D eigenvalue weighted by Crippen LogP contribution is -2.18. The summed E-state index contributed by atoms with van der Waals surface area (Å²) in [5.41, 5.74) is 0. The van der Waals surface area contributed by atoms with Gasteiger partial charge in [0.05, 0.1) is 0 Å². The number of carbonyl (C=O) groups is 1. The molecule has 1 unspecified atom stereocenters. The number of hydrogen-bond donors (Lipinski definition) is 2. The molecule has 0 radical (unpaired) electrons. The molecule has 0 aliphatic carbocycles. The van der Waals surface area contributed by atoms with Crippen molar-refractivity contribution in [1.29, 1.82) is 0 Å². The van der Waals surface area contributed by atoms with E-state index >= 15 is 0 Å². The summed E-state index contributed by atoms with van der Waals surface area (Å²) in [4.78, 5) is 10.4. The van der Waals surface area contributed by atoms with E-state index in [1.165, 1.54) is 77.0 Å². The summed E-state index contributed by atoms with van der Waals surface area (Å²) >= 11 is 0. The Morgan fingerprint density at radius 1 is 0.652 bits per heavy atom. The second-order valence-electron chi connectivity index (χ2n) is 7.42. The van der Waals surface area contributed by atoms with E-state index in [-0.39, 0.29) is 0 Å². The van der Waals surface area contributed by atoms with Gasteiger partial charge in [-0.15, -0.1) is 0 Å². The third-order valence-electron chi connectivity index (χ3n) is 4.54. The Labute approximate surface area is 143 Å². The van der Waals surface area contributed by atoms with Gasteiger partial charge in [-0.2, -0.15) is 0 Å². The molecule has 3 heteroatoms. The maximum absolute atomic E-state index is 10.4. The van der Waals surface area contributed by atoms with Crippen molar-refractivity contribution in [2.75, 3.05) is 0 Å². The maximum atomic E-state index is 10.4. The third kappa shape index (κ3) is 17.6. The number of carboxylic acid groups (broad SMARTS) is 1. The second kappa shape index (κ2) is 16.3. The predicted octanol–water partition coefficient (Wildman–Crippen LogP) is 5.94. The highest BCUT2D eigenvalue weighted by Gasteiger charge is 2.11. The first kappa shape index (κ1) is 22.4. The molecule has 138 valence electrons. The summed E-state index contributed by atoms with van der Waals surface area (Å²) in [6.45, 7) is 4.61. The van der Waals surface area contributed by atoms with Gasteiger partial charge in [-0.05, 0) is 12.3 Å². The Kier molecular flexibility index (Phi) is 15.9. The van der Waals surface area contributed by atoms with Crippen molar-refractivity contribution in [1.82, 2.24) is 0 Å². The molecule has 0 spiro atoms. The van der Waals surface area contributed by atoms with Crippen molar-refractivity contribution in [2.45, 2.75) is 116 Å². The van der Waals surface area contributed by atoms with Gasteiger partial charge in [0.25, 0.3) is 0 Å². The molecule has 0 aromatic heterocycles. The summed E-state index contributed by atoms with van der Waals surface area (Å²) < 4.78 is 0. The fourth-order valence-electron chi connectivity index (χ4n) is 2.96. The Morgan fingerprint density at radius 3 is 1.26 bits per heavy atom. The van der Waals surface area contributed by atoms with Crippen LogP contribution in [-0.4, -0.2) is 22.3 Å². The average molecular weight is 329 g/mol. The standard InChI is InChI=1S/C20H40O3/c1-18(2)16-14-12-10-8-6-4-3-5-7-9-11-13-15-17-19(21)20(22)23/h18-19,21H,3-17H2,1-2H3,(H,22,23). The first-order valence-corrected chi connectivity index (χ1v) is 9.95. The summed E-state index contributed by atoms with van der Waals surface area (Å²) in [5.74, 6) is -0.234. The van der Waals surface area contributed by atoms with Gasteiger partial charge in [-0.25, -0.2) is 4.79 Å². The van der Waals surface area contributed by atoms with E-state index in [0.717, 1.165) is 18.8 Å². The summed E-state index contributed by atoms with van der Waals surface area (Å²) in [7, 11) is 0. The molecule has 0 bridgehead atoms. The van der Waals surface area contributed by atoms with Crippen molar-refractivity contribution >= 4 is 5.97 Å². The largest absolute Gasteiger partial charge is 0.479 e. The molecule has 0 aromatic rings. The van der Waals surface area contributed by atoms with Crippen LogP contribution in [-0.2, 0) is 4.79 Å². The van der Waals surface area contributed by atoms with E-state index in [4.69, 9.17) is 10.2 Å². The van der Waals surface area contributed by atoms with Crippen LogP contribution in [0.3, 0.4) is 0 Å². The van der Waals surface area contributed by atoms with E-state index < -0.39 is 12.1 Å². The quantitative estimate of drug-likeness (QED) is 0.325. The number of carboxylic acids is 1. The second-order valence-corrected chi connectivity index (χ2v) is 7.42. The topological polar surface area (TPSA) is 57.5 Å². The minimum Gasteiger partial charge on any atom is -0.479 e. The molecule has 0 aromatic carbocycles. The zero-order chi connectivity index (χ0) is 17.3. The molecule has 0 amide bonds. The molecular weight excluding hydrogens is 288 g/mol. The van der Waals surface area contributed by atoms with Gasteiger partial charge < -0.3 is 10.2 Å². The minimum absolute atomic E-state index is 0.395. The Hall–Kier alpha value is -0.570. The van der Waals surface area contributed by atoms with Crippen LogP contribution in [0.5, 0.6) is 0 Å². The summed E-state index contributed by atoms with van der Waals surface area (Å²) in [6, 6.07) is 0. The molecule has 0 rings (SSSR count). The van der Waals surface area contributed by atoms with Gasteiger partial charge in [-0.3, -0.25) is 0 Å². The molecule has 23 heavy (non-hydrogen) atoms. The third-order valence-corrected chi connectivity index (χ3v) is 4.54. The summed E-state index contributed by atoms with van der Waals surface area (Å²) in [5, 5.41) is 17.7. The summed E-state index contributed by atoms with van der Waals surface area (Å²) in [6.07, 6.45) is 17.3. The number of aliphatic hydroxyl groups excluding tert-OH is 1. The monoisotopic (exact) mass is 328 g/mol. The van der Waals surface area contributed by atoms with E-state index in [0.29, 0.717) is 6.42 Å². The number of hydrogen-bond acceptors (Lipinski definition) is 2. The van der Waals surface area contributed by atoms with E-state index in [2.05, 4.69) is 13.8 Å². The Morgan fingerprint density at radius 2 is 0.957 bits per heavy atom.